The van der Waals surface area contributed by atoms with E-state index in [0.29, 0.717) is 26.2 Å². The van der Waals surface area contributed by atoms with Crippen LogP contribution in [0.4, 0.5) is 22.0 Å². The minimum Gasteiger partial charge on any atom is -0.314 e. The molecule has 0 bridgehead atoms. The summed E-state index contributed by atoms with van der Waals surface area (Å²) in [4.78, 5) is 1.87. The maximum Gasteiger partial charge on any atom is 0.200 e. The Morgan fingerprint density at radius 2 is 1.24 bits per heavy atom. The molecule has 3 rings (SSSR count). The lowest BCUT2D eigenvalue weighted by molar-refractivity contribution is 0.0957. The predicted octanol–water partition coefficient (Wildman–Crippen LogP) is 4.33. The fourth-order valence-electron chi connectivity index (χ4n) is 4.01. The van der Waals surface area contributed by atoms with Crippen LogP contribution in [-0.2, 0) is 0 Å². The topological polar surface area (TPSA) is 15.3 Å². The van der Waals surface area contributed by atoms with Crippen molar-refractivity contribution in [2.45, 2.75) is 38.1 Å². The van der Waals surface area contributed by atoms with Gasteiger partial charge in [0.1, 0.15) is 0 Å². The van der Waals surface area contributed by atoms with Crippen molar-refractivity contribution < 1.29 is 22.0 Å². The van der Waals surface area contributed by atoms with Gasteiger partial charge in [-0.1, -0.05) is 19.3 Å². The summed E-state index contributed by atoms with van der Waals surface area (Å²) >= 11 is 0. The summed E-state index contributed by atoms with van der Waals surface area (Å²) in [6.07, 6.45) is 4.37. The van der Waals surface area contributed by atoms with Crippen LogP contribution in [0.15, 0.2) is 0 Å². The molecule has 0 unspecified atom stereocenters. The second kappa shape index (κ2) is 8.64. The first-order valence-electron chi connectivity index (χ1n) is 8.48. The molecule has 1 aliphatic carbocycles. The molecule has 2 nitrogen and oxygen atoms in total. The molecule has 0 aromatic heterocycles. The molecule has 1 N–H and O–H groups in total. The number of piperazine rings is 1. The second-order valence-electron chi connectivity index (χ2n) is 6.61. The molecule has 0 amide bonds. The Morgan fingerprint density at radius 3 is 1.76 bits per heavy atom. The molecule has 8 heteroatoms. The van der Waals surface area contributed by atoms with Gasteiger partial charge in [0, 0.05) is 37.8 Å². The molecule has 0 spiro atoms. The van der Waals surface area contributed by atoms with Gasteiger partial charge in [0.05, 0.1) is 0 Å². The Morgan fingerprint density at radius 1 is 0.760 bits per heavy atom. The van der Waals surface area contributed by atoms with Gasteiger partial charge in [-0.25, -0.2) is 22.0 Å². The van der Waals surface area contributed by atoms with E-state index in [-0.39, 0.29) is 18.3 Å². The summed E-state index contributed by atoms with van der Waals surface area (Å²) in [5, 5.41) is 3.15. The molecule has 1 aromatic carbocycles. The summed E-state index contributed by atoms with van der Waals surface area (Å²) in [7, 11) is 0. The lowest BCUT2D eigenvalue weighted by Crippen LogP contribution is -2.47. The Kier molecular flexibility index (Phi) is 7.05. The van der Waals surface area contributed by atoms with Crippen molar-refractivity contribution in [3.63, 3.8) is 0 Å². The van der Waals surface area contributed by atoms with Crippen LogP contribution in [0.25, 0.3) is 0 Å². The molecule has 1 saturated carbocycles. The standard InChI is InChI=1S/C17H21F5N2.ClH/c18-12-11(13(19)15(21)16(22)14(12)20)17(10-4-2-1-3-5-10)24-8-6-23-7-9-24;/h10,17,23H,1-9H2;1H/t17-;/m1./s1. The van der Waals surface area contributed by atoms with Crippen LogP contribution in [0, 0.1) is 35.0 Å². The average Bonchev–Trinajstić information content (AvgIpc) is 2.63. The van der Waals surface area contributed by atoms with Crippen LogP contribution in [0.1, 0.15) is 43.7 Å². The Balaban J connectivity index is 0.00000225. The predicted molar refractivity (Wildman–Crippen MR) is 87.2 cm³/mol. The molecule has 1 aromatic rings. The molecule has 1 heterocycles. The molecule has 1 aliphatic heterocycles. The lowest BCUT2D eigenvalue weighted by atomic mass is 9.79. The third kappa shape index (κ3) is 3.93. The molecular weight excluding hydrogens is 363 g/mol. The highest BCUT2D eigenvalue weighted by Gasteiger charge is 2.38. The Hall–Kier alpha value is -0.920. The third-order valence-electron chi connectivity index (χ3n) is 5.18. The minimum absolute atomic E-state index is 0. The van der Waals surface area contributed by atoms with E-state index >= 15 is 0 Å². The zero-order valence-corrected chi connectivity index (χ0v) is 14.6. The Bertz CT molecular complexity index is 554. The van der Waals surface area contributed by atoms with Crippen molar-refractivity contribution in [1.29, 1.82) is 0 Å². The fourth-order valence-corrected chi connectivity index (χ4v) is 4.01. The summed E-state index contributed by atoms with van der Waals surface area (Å²) in [6, 6.07) is -0.767. The summed E-state index contributed by atoms with van der Waals surface area (Å²) in [5.74, 6) is -9.23. The highest BCUT2D eigenvalue weighted by molar-refractivity contribution is 5.85. The number of nitrogens with one attached hydrogen (secondary N) is 1. The maximum atomic E-state index is 14.4. The number of hydrogen-bond acceptors (Lipinski definition) is 2. The quantitative estimate of drug-likeness (QED) is 0.474. The minimum atomic E-state index is -2.09. The lowest BCUT2D eigenvalue weighted by Gasteiger charge is -2.41. The third-order valence-corrected chi connectivity index (χ3v) is 5.18. The molecule has 0 radical (unpaired) electrons. The van der Waals surface area contributed by atoms with Crippen LogP contribution in [-0.4, -0.2) is 31.1 Å². The number of halogens is 6. The van der Waals surface area contributed by atoms with Gasteiger partial charge in [-0.3, -0.25) is 4.90 Å². The van der Waals surface area contributed by atoms with Crippen molar-refractivity contribution in [3.8, 4) is 0 Å². The first kappa shape index (κ1) is 20.4. The van der Waals surface area contributed by atoms with E-state index in [2.05, 4.69) is 5.32 Å². The van der Waals surface area contributed by atoms with Gasteiger partial charge in [-0.15, -0.1) is 12.4 Å². The monoisotopic (exact) mass is 384 g/mol. The van der Waals surface area contributed by atoms with Gasteiger partial charge in [0.15, 0.2) is 23.3 Å². The van der Waals surface area contributed by atoms with Crippen molar-refractivity contribution in [2.75, 3.05) is 26.2 Å². The number of hydrogen-bond donors (Lipinski definition) is 1. The zero-order valence-electron chi connectivity index (χ0n) is 13.8. The molecule has 1 saturated heterocycles. The second-order valence-corrected chi connectivity index (χ2v) is 6.61. The zero-order chi connectivity index (χ0) is 17.3. The van der Waals surface area contributed by atoms with Gasteiger partial charge in [0.25, 0.3) is 0 Å². The van der Waals surface area contributed by atoms with E-state index in [4.69, 9.17) is 0 Å². The molecule has 1 atom stereocenters. The van der Waals surface area contributed by atoms with Gasteiger partial charge in [-0.05, 0) is 18.8 Å². The first-order valence-corrected chi connectivity index (χ1v) is 8.48. The van der Waals surface area contributed by atoms with E-state index in [1.807, 2.05) is 4.90 Å². The average molecular weight is 385 g/mol. The number of benzene rings is 1. The summed E-state index contributed by atoms with van der Waals surface area (Å²) < 4.78 is 69.6. The molecular formula is C17H22ClF5N2. The molecule has 142 valence electrons. The number of nitrogens with zero attached hydrogens (tertiary/aromatic N) is 1. The van der Waals surface area contributed by atoms with Crippen LogP contribution in [0.3, 0.4) is 0 Å². The van der Waals surface area contributed by atoms with Crippen molar-refractivity contribution >= 4 is 12.4 Å². The van der Waals surface area contributed by atoms with Crippen LogP contribution in [0.2, 0.25) is 0 Å². The van der Waals surface area contributed by atoms with Crippen LogP contribution in [0.5, 0.6) is 0 Å². The smallest absolute Gasteiger partial charge is 0.200 e. The number of rotatable bonds is 3. The summed E-state index contributed by atoms with van der Waals surface area (Å²) in [6.45, 7) is 2.33. The van der Waals surface area contributed by atoms with Crippen LogP contribution < -0.4 is 5.32 Å². The molecule has 25 heavy (non-hydrogen) atoms. The van der Waals surface area contributed by atoms with Gasteiger partial charge < -0.3 is 5.32 Å². The van der Waals surface area contributed by atoms with E-state index in [0.717, 1.165) is 32.1 Å². The highest BCUT2D eigenvalue weighted by atomic mass is 35.5. The van der Waals surface area contributed by atoms with Gasteiger partial charge in [0.2, 0.25) is 5.82 Å². The van der Waals surface area contributed by atoms with Crippen LogP contribution >= 0.6 is 12.4 Å². The van der Waals surface area contributed by atoms with Crippen molar-refractivity contribution in [2.24, 2.45) is 5.92 Å². The highest BCUT2D eigenvalue weighted by Crippen LogP contribution is 2.41. The van der Waals surface area contributed by atoms with E-state index < -0.39 is 40.7 Å². The maximum absolute atomic E-state index is 14.4. The normalized spacial score (nSPS) is 21.0. The van der Waals surface area contributed by atoms with E-state index in [9.17, 15) is 22.0 Å². The first-order chi connectivity index (χ1) is 11.5. The van der Waals surface area contributed by atoms with Crippen molar-refractivity contribution in [3.05, 3.63) is 34.6 Å². The van der Waals surface area contributed by atoms with E-state index in [1.165, 1.54) is 0 Å². The fraction of sp³-hybridized carbons (Fsp3) is 0.647. The largest absolute Gasteiger partial charge is 0.314 e. The van der Waals surface area contributed by atoms with E-state index in [1.54, 1.807) is 0 Å². The Labute approximate surface area is 150 Å². The van der Waals surface area contributed by atoms with Gasteiger partial charge >= 0.3 is 0 Å². The molecule has 2 aliphatic rings. The summed E-state index contributed by atoms with van der Waals surface area (Å²) in [5.41, 5.74) is -0.653. The molecule has 2 fully saturated rings. The van der Waals surface area contributed by atoms with Crippen molar-refractivity contribution in [1.82, 2.24) is 10.2 Å². The van der Waals surface area contributed by atoms with Gasteiger partial charge in [-0.2, -0.15) is 0 Å². The SMILES string of the molecule is Cl.Fc1c(F)c(F)c([C@@H](C2CCCCC2)N2CCNCC2)c(F)c1F.